The largest absolute Gasteiger partial charge is 0.504 e. The highest BCUT2D eigenvalue weighted by Crippen LogP contribution is 2.43. The minimum Gasteiger partial charge on any atom is -0.504 e. The highest BCUT2D eigenvalue weighted by molar-refractivity contribution is 5.67. The van der Waals surface area contributed by atoms with Crippen molar-refractivity contribution in [2.45, 2.75) is 6.18 Å². The molecule has 0 amide bonds. The van der Waals surface area contributed by atoms with Crippen LogP contribution in [0.2, 0.25) is 0 Å². The smallest absolute Gasteiger partial charge is 0.420 e. The molecule has 8 heteroatoms. The van der Waals surface area contributed by atoms with Crippen LogP contribution in [0.1, 0.15) is 5.56 Å². The monoisotopic (exact) mass is 274 g/mol. The number of nitrogen functional groups attached to an aromatic ring is 1. The summed E-state index contributed by atoms with van der Waals surface area (Å²) < 4.78 is 47.6. The summed E-state index contributed by atoms with van der Waals surface area (Å²) in [6, 6.07) is 3.23. The number of aromatic hydroxyl groups is 1. The second kappa shape index (κ2) is 4.38. The Morgan fingerprint density at radius 1 is 1.32 bits per heavy atom. The number of phenols is 1. The summed E-state index contributed by atoms with van der Waals surface area (Å²) in [5.74, 6) is -1.32. The van der Waals surface area contributed by atoms with Crippen LogP contribution in [0.15, 0.2) is 22.7 Å². The SMILES string of the molecule is COc1cc(-c2cc(N)on2)cc(C(F)(F)F)c1O. The zero-order valence-corrected chi connectivity index (χ0v) is 9.65. The average Bonchev–Trinajstić information content (AvgIpc) is 2.74. The van der Waals surface area contributed by atoms with Gasteiger partial charge < -0.3 is 20.1 Å². The Bertz CT molecular complexity index is 608. The van der Waals surface area contributed by atoms with Crippen molar-refractivity contribution in [2.75, 3.05) is 12.8 Å². The van der Waals surface area contributed by atoms with Crippen LogP contribution in [0, 0.1) is 0 Å². The van der Waals surface area contributed by atoms with Gasteiger partial charge in [-0.1, -0.05) is 5.16 Å². The van der Waals surface area contributed by atoms with Gasteiger partial charge in [0.1, 0.15) is 11.3 Å². The summed E-state index contributed by atoms with van der Waals surface area (Å²) in [7, 11) is 1.15. The van der Waals surface area contributed by atoms with E-state index in [1.807, 2.05) is 0 Å². The highest BCUT2D eigenvalue weighted by atomic mass is 19.4. The van der Waals surface area contributed by atoms with Crippen molar-refractivity contribution in [3.05, 3.63) is 23.8 Å². The van der Waals surface area contributed by atoms with E-state index in [4.69, 9.17) is 10.5 Å². The first kappa shape index (κ1) is 13.1. The first-order chi connectivity index (χ1) is 8.82. The second-order valence-corrected chi connectivity index (χ2v) is 3.69. The predicted octanol–water partition coefficient (Wildman–Crippen LogP) is 2.66. The molecule has 0 saturated heterocycles. The number of halogens is 3. The van der Waals surface area contributed by atoms with Gasteiger partial charge in [-0.3, -0.25) is 0 Å². The molecule has 1 aromatic carbocycles. The Morgan fingerprint density at radius 3 is 2.47 bits per heavy atom. The van der Waals surface area contributed by atoms with Gasteiger partial charge in [0.2, 0.25) is 5.88 Å². The molecule has 5 nitrogen and oxygen atoms in total. The summed E-state index contributed by atoms with van der Waals surface area (Å²) in [5.41, 5.74) is 4.27. The molecule has 0 atom stereocenters. The number of anilines is 1. The zero-order chi connectivity index (χ0) is 14.2. The lowest BCUT2D eigenvalue weighted by molar-refractivity contribution is -0.138. The molecule has 1 heterocycles. The van der Waals surface area contributed by atoms with Gasteiger partial charge in [-0.25, -0.2) is 0 Å². The van der Waals surface area contributed by atoms with Crippen molar-refractivity contribution in [3.8, 4) is 22.8 Å². The first-order valence-electron chi connectivity index (χ1n) is 5.03. The van der Waals surface area contributed by atoms with E-state index in [0.29, 0.717) is 0 Å². The maximum absolute atomic E-state index is 12.8. The van der Waals surface area contributed by atoms with Crippen LogP contribution in [0.3, 0.4) is 0 Å². The molecule has 0 aliphatic carbocycles. The van der Waals surface area contributed by atoms with E-state index in [-0.39, 0.29) is 22.9 Å². The maximum Gasteiger partial charge on any atom is 0.420 e. The van der Waals surface area contributed by atoms with Gasteiger partial charge in [0.05, 0.1) is 7.11 Å². The summed E-state index contributed by atoms with van der Waals surface area (Å²) in [4.78, 5) is 0. The third-order valence-electron chi connectivity index (χ3n) is 2.42. The molecular weight excluding hydrogens is 265 g/mol. The van der Waals surface area contributed by atoms with Crippen molar-refractivity contribution in [3.63, 3.8) is 0 Å². The number of benzene rings is 1. The summed E-state index contributed by atoms with van der Waals surface area (Å²) in [6.07, 6.45) is -4.72. The average molecular weight is 274 g/mol. The summed E-state index contributed by atoms with van der Waals surface area (Å²) in [6.45, 7) is 0. The van der Waals surface area contributed by atoms with Crippen molar-refractivity contribution in [1.29, 1.82) is 0 Å². The number of alkyl halides is 3. The number of aromatic nitrogens is 1. The van der Waals surface area contributed by atoms with E-state index in [1.165, 1.54) is 12.1 Å². The third kappa shape index (κ3) is 2.42. The summed E-state index contributed by atoms with van der Waals surface area (Å²) >= 11 is 0. The fourth-order valence-corrected chi connectivity index (χ4v) is 1.55. The lowest BCUT2D eigenvalue weighted by atomic mass is 10.1. The van der Waals surface area contributed by atoms with Crippen molar-refractivity contribution >= 4 is 5.88 Å². The highest BCUT2D eigenvalue weighted by Gasteiger charge is 2.36. The van der Waals surface area contributed by atoms with Crippen molar-refractivity contribution < 1.29 is 27.5 Å². The molecule has 0 aliphatic rings. The standard InChI is InChI=1S/C11H9F3N2O3/c1-18-8-3-5(7-4-9(15)19-16-7)2-6(10(8)17)11(12,13)14/h2-4,17H,15H2,1H3. The van der Waals surface area contributed by atoms with Gasteiger partial charge in [0.25, 0.3) is 0 Å². The lowest BCUT2D eigenvalue weighted by Crippen LogP contribution is -2.06. The molecule has 3 N–H and O–H groups in total. The molecule has 19 heavy (non-hydrogen) atoms. The number of rotatable bonds is 2. The molecular formula is C11H9F3N2O3. The molecule has 2 aromatic rings. The van der Waals surface area contributed by atoms with Gasteiger partial charge in [-0.15, -0.1) is 0 Å². The van der Waals surface area contributed by atoms with E-state index < -0.39 is 17.5 Å². The Hall–Kier alpha value is -2.38. The number of nitrogens with zero attached hydrogens (tertiary/aromatic N) is 1. The fourth-order valence-electron chi connectivity index (χ4n) is 1.55. The van der Waals surface area contributed by atoms with Crippen molar-refractivity contribution in [2.24, 2.45) is 0 Å². The van der Waals surface area contributed by atoms with Crippen LogP contribution in [0.4, 0.5) is 19.1 Å². The molecule has 0 aliphatic heterocycles. The molecule has 0 bridgehead atoms. The Morgan fingerprint density at radius 2 is 2.00 bits per heavy atom. The minimum atomic E-state index is -4.72. The Kier molecular flexibility index (Phi) is 3.01. The maximum atomic E-state index is 12.8. The fraction of sp³-hybridized carbons (Fsp3) is 0.182. The van der Waals surface area contributed by atoms with E-state index in [1.54, 1.807) is 0 Å². The normalized spacial score (nSPS) is 11.6. The molecule has 0 unspecified atom stereocenters. The van der Waals surface area contributed by atoms with Gasteiger partial charge in [-0.05, 0) is 12.1 Å². The Balaban J connectivity index is 2.64. The van der Waals surface area contributed by atoms with E-state index >= 15 is 0 Å². The number of methoxy groups -OCH3 is 1. The van der Waals surface area contributed by atoms with E-state index in [0.717, 1.165) is 13.2 Å². The zero-order valence-electron chi connectivity index (χ0n) is 9.65. The number of ether oxygens (including phenoxy) is 1. The van der Waals surface area contributed by atoms with Gasteiger partial charge in [0.15, 0.2) is 11.5 Å². The molecule has 0 spiro atoms. The third-order valence-corrected chi connectivity index (χ3v) is 2.42. The van der Waals surface area contributed by atoms with E-state index in [9.17, 15) is 18.3 Å². The van der Waals surface area contributed by atoms with Crippen LogP contribution < -0.4 is 10.5 Å². The Labute approximate surface area is 105 Å². The molecule has 2 rings (SSSR count). The van der Waals surface area contributed by atoms with E-state index in [2.05, 4.69) is 9.68 Å². The molecule has 0 saturated carbocycles. The van der Waals surface area contributed by atoms with Crippen LogP contribution in [-0.4, -0.2) is 17.4 Å². The molecule has 0 radical (unpaired) electrons. The van der Waals surface area contributed by atoms with Crippen molar-refractivity contribution in [1.82, 2.24) is 5.16 Å². The summed E-state index contributed by atoms with van der Waals surface area (Å²) in [5, 5.41) is 13.0. The van der Waals surface area contributed by atoms with Gasteiger partial charge in [-0.2, -0.15) is 13.2 Å². The number of phenolic OH excluding ortho intramolecular Hbond substituents is 1. The van der Waals surface area contributed by atoms with Crippen LogP contribution in [0.5, 0.6) is 11.5 Å². The minimum absolute atomic E-state index is 0.0319. The van der Waals surface area contributed by atoms with Crippen LogP contribution >= 0.6 is 0 Å². The molecule has 1 aromatic heterocycles. The first-order valence-corrected chi connectivity index (χ1v) is 5.03. The number of hydrogen-bond donors (Lipinski definition) is 2. The van der Waals surface area contributed by atoms with Crippen LogP contribution in [0.25, 0.3) is 11.3 Å². The second-order valence-electron chi connectivity index (χ2n) is 3.69. The molecule has 102 valence electrons. The quantitative estimate of drug-likeness (QED) is 0.879. The van der Waals surface area contributed by atoms with Gasteiger partial charge in [0, 0.05) is 11.6 Å². The topological polar surface area (TPSA) is 81.5 Å². The van der Waals surface area contributed by atoms with Gasteiger partial charge >= 0.3 is 6.18 Å². The predicted molar refractivity (Wildman–Crippen MR) is 59.6 cm³/mol. The number of nitrogens with two attached hydrogens (primary N) is 1. The molecule has 0 fully saturated rings. The lowest BCUT2D eigenvalue weighted by Gasteiger charge is -2.13. The van der Waals surface area contributed by atoms with Crippen LogP contribution in [-0.2, 0) is 6.18 Å². The number of hydrogen-bond acceptors (Lipinski definition) is 5.